The van der Waals surface area contributed by atoms with Gasteiger partial charge in [0.2, 0.25) is 0 Å². The predicted molar refractivity (Wildman–Crippen MR) is 101 cm³/mol. The molecule has 1 atom stereocenters. The fraction of sp³-hybridized carbons (Fsp3) is 0.350. The first-order valence-electron chi connectivity index (χ1n) is 8.51. The average molecular weight is 378 g/mol. The Labute approximate surface area is 158 Å². The van der Waals surface area contributed by atoms with Gasteiger partial charge in [0.15, 0.2) is 0 Å². The maximum atomic E-state index is 12.6. The Morgan fingerprint density at radius 3 is 2.44 bits per heavy atom. The van der Waals surface area contributed by atoms with E-state index < -0.39 is 0 Å². The van der Waals surface area contributed by atoms with Crippen LogP contribution in [0.25, 0.3) is 0 Å². The number of carbonyl (C=O) groups is 1. The monoisotopic (exact) mass is 377 g/mol. The van der Waals surface area contributed by atoms with E-state index in [0.717, 1.165) is 42.0 Å². The first-order chi connectivity index (χ1) is 12.1. The molecule has 0 aromatic heterocycles. The molecule has 1 saturated heterocycles. The van der Waals surface area contributed by atoms with Crippen molar-refractivity contribution in [3.05, 3.63) is 69.7 Å². The van der Waals surface area contributed by atoms with E-state index in [9.17, 15) is 4.79 Å². The third-order valence-corrected chi connectivity index (χ3v) is 4.90. The standard InChI is InChI=1S/C20H21Cl2NO2/c21-17-7-3-5-15(11-17)13-23-10-2-1-9-19(23)20(24)25-14-16-6-4-8-18(22)12-16/h3-8,11-12,19H,1-2,9-10,13-14H2. The minimum Gasteiger partial charge on any atom is -0.460 e. The van der Waals surface area contributed by atoms with Crippen molar-refractivity contribution in [3.63, 3.8) is 0 Å². The largest absolute Gasteiger partial charge is 0.460 e. The van der Waals surface area contributed by atoms with Gasteiger partial charge in [-0.2, -0.15) is 0 Å². The first-order valence-corrected chi connectivity index (χ1v) is 9.27. The topological polar surface area (TPSA) is 29.5 Å². The smallest absolute Gasteiger partial charge is 0.323 e. The number of halogens is 2. The Kier molecular flexibility index (Phi) is 6.35. The van der Waals surface area contributed by atoms with Gasteiger partial charge in [0.05, 0.1) is 0 Å². The van der Waals surface area contributed by atoms with Crippen molar-refractivity contribution in [2.24, 2.45) is 0 Å². The molecule has 2 aromatic rings. The summed E-state index contributed by atoms with van der Waals surface area (Å²) in [7, 11) is 0. The Morgan fingerprint density at radius 1 is 1.04 bits per heavy atom. The summed E-state index contributed by atoms with van der Waals surface area (Å²) >= 11 is 12.0. The second-order valence-electron chi connectivity index (χ2n) is 6.35. The number of hydrogen-bond donors (Lipinski definition) is 0. The Balaban J connectivity index is 1.62. The van der Waals surface area contributed by atoms with Crippen LogP contribution in [0, 0.1) is 0 Å². The molecular formula is C20H21Cl2NO2. The zero-order chi connectivity index (χ0) is 17.6. The van der Waals surface area contributed by atoms with E-state index in [1.807, 2.05) is 42.5 Å². The zero-order valence-corrected chi connectivity index (χ0v) is 15.5. The highest BCUT2D eigenvalue weighted by molar-refractivity contribution is 6.30. The van der Waals surface area contributed by atoms with E-state index in [4.69, 9.17) is 27.9 Å². The van der Waals surface area contributed by atoms with Crippen molar-refractivity contribution in [1.82, 2.24) is 4.90 Å². The summed E-state index contributed by atoms with van der Waals surface area (Å²) in [6.07, 6.45) is 2.97. The first kappa shape index (κ1) is 18.2. The normalized spacial score (nSPS) is 18.1. The molecule has 1 unspecified atom stereocenters. The lowest BCUT2D eigenvalue weighted by atomic mass is 10.0. The van der Waals surface area contributed by atoms with Gasteiger partial charge in [-0.3, -0.25) is 9.69 Å². The summed E-state index contributed by atoms with van der Waals surface area (Å²) in [5.74, 6) is -0.165. The highest BCUT2D eigenvalue weighted by Crippen LogP contribution is 2.22. The summed E-state index contributed by atoms with van der Waals surface area (Å²) < 4.78 is 5.55. The van der Waals surface area contributed by atoms with E-state index in [-0.39, 0.29) is 18.6 Å². The summed E-state index contributed by atoms with van der Waals surface area (Å²) in [6, 6.07) is 15.0. The number of rotatable bonds is 5. The summed E-state index contributed by atoms with van der Waals surface area (Å²) in [6.45, 7) is 1.85. The average Bonchev–Trinajstić information content (AvgIpc) is 2.60. The highest BCUT2D eigenvalue weighted by Gasteiger charge is 2.30. The van der Waals surface area contributed by atoms with Crippen molar-refractivity contribution in [3.8, 4) is 0 Å². The van der Waals surface area contributed by atoms with E-state index >= 15 is 0 Å². The lowest BCUT2D eigenvalue weighted by Crippen LogP contribution is -2.44. The van der Waals surface area contributed by atoms with Crippen LogP contribution in [0.2, 0.25) is 10.0 Å². The molecule has 0 radical (unpaired) electrons. The van der Waals surface area contributed by atoms with Gasteiger partial charge in [0.1, 0.15) is 12.6 Å². The van der Waals surface area contributed by atoms with Crippen molar-refractivity contribution in [2.45, 2.75) is 38.5 Å². The molecule has 25 heavy (non-hydrogen) atoms. The van der Waals surface area contributed by atoms with Crippen molar-refractivity contribution in [2.75, 3.05) is 6.54 Å². The minimum absolute atomic E-state index is 0.165. The van der Waals surface area contributed by atoms with Crippen LogP contribution in [0.3, 0.4) is 0 Å². The molecule has 0 bridgehead atoms. The van der Waals surface area contributed by atoms with Gasteiger partial charge in [-0.25, -0.2) is 0 Å². The zero-order valence-electron chi connectivity index (χ0n) is 14.0. The van der Waals surface area contributed by atoms with Crippen LogP contribution in [0.5, 0.6) is 0 Å². The van der Waals surface area contributed by atoms with Crippen LogP contribution in [0.4, 0.5) is 0 Å². The summed E-state index contributed by atoms with van der Waals surface area (Å²) in [5.41, 5.74) is 2.01. The van der Waals surface area contributed by atoms with Crippen LogP contribution >= 0.6 is 23.2 Å². The van der Waals surface area contributed by atoms with Gasteiger partial charge >= 0.3 is 5.97 Å². The number of likely N-dealkylation sites (tertiary alicyclic amines) is 1. The van der Waals surface area contributed by atoms with Crippen LogP contribution in [-0.2, 0) is 22.7 Å². The quantitative estimate of drug-likeness (QED) is 0.679. The molecule has 3 nitrogen and oxygen atoms in total. The fourth-order valence-corrected chi connectivity index (χ4v) is 3.62. The highest BCUT2D eigenvalue weighted by atomic mass is 35.5. The molecule has 0 N–H and O–H groups in total. The Morgan fingerprint density at radius 2 is 1.72 bits per heavy atom. The second kappa shape index (κ2) is 8.70. The van der Waals surface area contributed by atoms with Crippen molar-refractivity contribution in [1.29, 1.82) is 0 Å². The molecule has 1 aliphatic heterocycles. The molecule has 0 spiro atoms. The predicted octanol–water partition coefficient (Wildman–Crippen LogP) is 5.09. The number of piperidine rings is 1. The Bertz CT molecular complexity index is 735. The second-order valence-corrected chi connectivity index (χ2v) is 7.22. The fourth-order valence-electron chi connectivity index (χ4n) is 3.19. The summed E-state index contributed by atoms with van der Waals surface area (Å²) in [5, 5.41) is 1.36. The van der Waals surface area contributed by atoms with Crippen molar-refractivity contribution >= 4 is 29.2 Å². The lowest BCUT2D eigenvalue weighted by molar-refractivity contribution is -0.153. The number of carbonyl (C=O) groups excluding carboxylic acids is 1. The van der Waals surface area contributed by atoms with Gasteiger partial charge in [0.25, 0.3) is 0 Å². The summed E-state index contributed by atoms with van der Waals surface area (Å²) in [4.78, 5) is 14.8. The van der Waals surface area contributed by atoms with E-state index in [2.05, 4.69) is 4.90 Å². The molecule has 0 saturated carbocycles. The SMILES string of the molecule is O=C(OCc1cccc(Cl)c1)C1CCCCN1Cc1cccc(Cl)c1. The molecule has 132 valence electrons. The molecular weight excluding hydrogens is 357 g/mol. The van der Waals surface area contributed by atoms with Crippen LogP contribution in [0.1, 0.15) is 30.4 Å². The molecule has 2 aromatic carbocycles. The number of ether oxygens (including phenoxy) is 1. The van der Waals surface area contributed by atoms with Crippen LogP contribution in [0.15, 0.2) is 48.5 Å². The lowest BCUT2D eigenvalue weighted by Gasteiger charge is -2.34. The number of hydrogen-bond acceptors (Lipinski definition) is 3. The molecule has 1 aliphatic rings. The maximum Gasteiger partial charge on any atom is 0.323 e. The molecule has 3 rings (SSSR count). The molecule has 0 amide bonds. The van der Waals surface area contributed by atoms with Gasteiger partial charge in [-0.05, 0) is 54.8 Å². The molecule has 1 heterocycles. The third kappa shape index (κ3) is 5.21. The minimum atomic E-state index is -0.202. The Hall–Kier alpha value is -1.55. The molecule has 5 heteroatoms. The number of nitrogens with zero attached hydrogens (tertiary/aromatic N) is 1. The number of benzene rings is 2. The number of esters is 1. The maximum absolute atomic E-state index is 12.6. The van der Waals surface area contributed by atoms with Crippen LogP contribution < -0.4 is 0 Å². The third-order valence-electron chi connectivity index (χ3n) is 4.43. The molecule has 0 aliphatic carbocycles. The molecule has 1 fully saturated rings. The van der Waals surface area contributed by atoms with E-state index in [0.29, 0.717) is 11.6 Å². The van der Waals surface area contributed by atoms with E-state index in [1.165, 1.54) is 0 Å². The van der Waals surface area contributed by atoms with Gasteiger partial charge < -0.3 is 4.74 Å². The van der Waals surface area contributed by atoms with Crippen molar-refractivity contribution < 1.29 is 9.53 Å². The van der Waals surface area contributed by atoms with Gasteiger partial charge in [-0.15, -0.1) is 0 Å². The van der Waals surface area contributed by atoms with Gasteiger partial charge in [-0.1, -0.05) is 53.9 Å². The van der Waals surface area contributed by atoms with E-state index in [1.54, 1.807) is 6.07 Å². The van der Waals surface area contributed by atoms with Crippen LogP contribution in [-0.4, -0.2) is 23.5 Å². The van der Waals surface area contributed by atoms with Gasteiger partial charge in [0, 0.05) is 16.6 Å².